The topological polar surface area (TPSA) is 78.9 Å². The maximum Gasteiger partial charge on any atom is 0.306 e. The normalized spacial score (nSPS) is 13.5. The summed E-state index contributed by atoms with van der Waals surface area (Å²) >= 11 is 0. The van der Waals surface area contributed by atoms with Gasteiger partial charge < -0.3 is 14.2 Å². The van der Waals surface area contributed by atoms with E-state index in [0.717, 1.165) is 70.6 Å². The second-order valence-electron chi connectivity index (χ2n) is 17.6. The summed E-state index contributed by atoms with van der Waals surface area (Å²) in [5.74, 6) is -1.11. The number of esters is 3. The fourth-order valence-corrected chi connectivity index (χ4v) is 6.73. The fraction of sp³-hybridized carbons (Fsp3) is 0.523. The van der Waals surface area contributed by atoms with Crippen molar-refractivity contribution in [2.45, 2.75) is 207 Å². The van der Waals surface area contributed by atoms with Crippen molar-refractivity contribution in [3.63, 3.8) is 0 Å². The quantitative estimate of drug-likeness (QED) is 0.0199. The molecule has 1 unspecified atom stereocenters. The zero-order valence-corrected chi connectivity index (χ0v) is 44.9. The van der Waals surface area contributed by atoms with Gasteiger partial charge in [0.2, 0.25) is 0 Å². The number of rotatable bonds is 47. The highest BCUT2D eigenvalue weighted by molar-refractivity contribution is 5.71. The molecule has 0 aliphatic heterocycles. The minimum atomic E-state index is -0.856. The zero-order chi connectivity index (χ0) is 51.4. The Balaban J connectivity index is 4.69. The third-order valence-electron chi connectivity index (χ3n) is 10.9. The van der Waals surface area contributed by atoms with Crippen LogP contribution in [-0.2, 0) is 28.6 Å². The molecule has 0 fully saturated rings. The van der Waals surface area contributed by atoms with Gasteiger partial charge in [-0.1, -0.05) is 242 Å². The lowest BCUT2D eigenvalue weighted by Gasteiger charge is -2.18. The second kappa shape index (κ2) is 57.3. The summed E-state index contributed by atoms with van der Waals surface area (Å²) in [5.41, 5.74) is 0. The Morgan fingerprint density at radius 3 is 1.07 bits per heavy atom. The van der Waals surface area contributed by atoms with E-state index in [1.54, 1.807) is 0 Å². The number of allylic oxidation sites excluding steroid dienone is 28. The molecular weight excluding hydrogens is 877 g/mol. The molecule has 0 rings (SSSR count). The van der Waals surface area contributed by atoms with Crippen LogP contribution in [-0.4, -0.2) is 37.2 Å². The minimum Gasteiger partial charge on any atom is -0.462 e. The summed E-state index contributed by atoms with van der Waals surface area (Å²) < 4.78 is 16.7. The molecule has 0 aromatic rings. The van der Waals surface area contributed by atoms with Gasteiger partial charge in [0.15, 0.2) is 6.10 Å². The van der Waals surface area contributed by atoms with E-state index >= 15 is 0 Å². The van der Waals surface area contributed by atoms with E-state index in [1.165, 1.54) is 70.6 Å². The van der Waals surface area contributed by atoms with Crippen molar-refractivity contribution in [3.8, 4) is 0 Å². The first-order chi connectivity index (χ1) is 35.0. The third kappa shape index (κ3) is 55.6. The molecule has 0 bridgehead atoms. The Hall–Kier alpha value is -5.23. The average molecular weight is 975 g/mol. The number of carbonyl (C=O) groups excluding carboxylic acids is 3. The molecule has 0 radical (unpaired) electrons. The first-order valence-corrected chi connectivity index (χ1v) is 27.7. The van der Waals surface area contributed by atoms with Gasteiger partial charge in [-0.15, -0.1) is 0 Å². The highest BCUT2D eigenvalue weighted by atomic mass is 16.6. The van der Waals surface area contributed by atoms with Crippen LogP contribution in [0, 0.1) is 0 Å². The summed E-state index contributed by atoms with van der Waals surface area (Å²) in [5, 5.41) is 0. The first kappa shape index (κ1) is 65.8. The molecule has 0 saturated heterocycles. The standard InChI is InChI=1S/C65H98O6/c1-4-7-10-13-16-19-22-25-28-31-32-35-37-40-43-46-49-52-55-58-64(67)70-61-62(71-65(68)59-56-53-50-47-44-41-38-34-30-27-24-21-18-15-12-9-6-3)60-69-63(66)57-54-51-48-45-42-39-36-33-29-26-23-20-17-14-11-8-5-2/h7,10,13,16,18-19,21-22,25-32,35-41,43,45,47-48,50,62H,4-6,8-9,11-12,14-15,17,20,23-24,33-34,42,44,46,49,51-61H2,1-3H3/b10-7-,16-13-,21-18-,22-19-,28-25-,29-26-,30-27-,32-31+,37-35-,39-36-,41-38-,43-40-,48-45-,50-47-. The van der Waals surface area contributed by atoms with Crippen LogP contribution in [0.2, 0.25) is 0 Å². The van der Waals surface area contributed by atoms with Crippen molar-refractivity contribution in [1.29, 1.82) is 0 Å². The van der Waals surface area contributed by atoms with Crippen molar-refractivity contribution < 1.29 is 28.6 Å². The van der Waals surface area contributed by atoms with Crippen molar-refractivity contribution in [1.82, 2.24) is 0 Å². The molecule has 71 heavy (non-hydrogen) atoms. The molecule has 0 amide bonds. The van der Waals surface area contributed by atoms with Gasteiger partial charge in [0.1, 0.15) is 13.2 Å². The van der Waals surface area contributed by atoms with E-state index < -0.39 is 12.1 Å². The maximum absolute atomic E-state index is 12.8. The van der Waals surface area contributed by atoms with Crippen LogP contribution in [0.1, 0.15) is 201 Å². The van der Waals surface area contributed by atoms with Crippen LogP contribution < -0.4 is 0 Å². The number of ether oxygens (including phenoxy) is 3. The van der Waals surface area contributed by atoms with E-state index in [2.05, 4.69) is 118 Å². The summed E-state index contributed by atoms with van der Waals surface area (Å²) in [7, 11) is 0. The van der Waals surface area contributed by atoms with Crippen molar-refractivity contribution >= 4 is 17.9 Å². The zero-order valence-electron chi connectivity index (χ0n) is 44.9. The lowest BCUT2D eigenvalue weighted by Crippen LogP contribution is -2.30. The molecule has 0 aliphatic carbocycles. The Kier molecular flexibility index (Phi) is 53.1. The molecule has 0 spiro atoms. The monoisotopic (exact) mass is 975 g/mol. The van der Waals surface area contributed by atoms with Crippen LogP contribution in [0.15, 0.2) is 170 Å². The van der Waals surface area contributed by atoms with Gasteiger partial charge in [-0.25, -0.2) is 0 Å². The lowest BCUT2D eigenvalue weighted by atomic mass is 10.1. The van der Waals surface area contributed by atoms with E-state index in [1.807, 2.05) is 72.9 Å². The van der Waals surface area contributed by atoms with Gasteiger partial charge in [-0.05, 0) is 109 Å². The summed E-state index contributed by atoms with van der Waals surface area (Å²) in [6.45, 7) is 6.30. The van der Waals surface area contributed by atoms with Gasteiger partial charge in [-0.2, -0.15) is 0 Å². The summed E-state index contributed by atoms with van der Waals surface area (Å²) in [6.07, 6.45) is 84.9. The highest BCUT2D eigenvalue weighted by Gasteiger charge is 2.19. The van der Waals surface area contributed by atoms with Gasteiger partial charge in [0.05, 0.1) is 0 Å². The molecule has 0 N–H and O–H groups in total. The van der Waals surface area contributed by atoms with Crippen LogP contribution in [0.4, 0.5) is 0 Å². The van der Waals surface area contributed by atoms with E-state index in [0.29, 0.717) is 19.3 Å². The Labute approximate surface area is 434 Å². The van der Waals surface area contributed by atoms with Crippen molar-refractivity contribution in [2.24, 2.45) is 0 Å². The Bertz CT molecular complexity index is 1690. The number of unbranched alkanes of at least 4 members (excludes halogenated alkanes) is 14. The first-order valence-electron chi connectivity index (χ1n) is 27.7. The van der Waals surface area contributed by atoms with Crippen LogP contribution in [0.25, 0.3) is 0 Å². The number of hydrogen-bond donors (Lipinski definition) is 0. The van der Waals surface area contributed by atoms with Gasteiger partial charge in [0.25, 0.3) is 0 Å². The van der Waals surface area contributed by atoms with Crippen LogP contribution in [0.5, 0.6) is 0 Å². The molecule has 0 aromatic carbocycles. The molecule has 0 aliphatic rings. The van der Waals surface area contributed by atoms with E-state index in [9.17, 15) is 14.4 Å². The number of hydrogen-bond acceptors (Lipinski definition) is 6. The Morgan fingerprint density at radius 2 is 0.620 bits per heavy atom. The maximum atomic E-state index is 12.8. The summed E-state index contributed by atoms with van der Waals surface area (Å²) in [6, 6.07) is 0. The minimum absolute atomic E-state index is 0.148. The highest BCUT2D eigenvalue weighted by Crippen LogP contribution is 2.10. The number of carbonyl (C=O) groups is 3. The molecular formula is C65H98O6. The van der Waals surface area contributed by atoms with Crippen molar-refractivity contribution in [3.05, 3.63) is 170 Å². The van der Waals surface area contributed by atoms with E-state index in [-0.39, 0.29) is 44.4 Å². The van der Waals surface area contributed by atoms with Gasteiger partial charge in [0, 0.05) is 19.3 Å². The fourth-order valence-electron chi connectivity index (χ4n) is 6.73. The predicted molar refractivity (Wildman–Crippen MR) is 306 cm³/mol. The average Bonchev–Trinajstić information content (AvgIpc) is 3.37. The SMILES string of the molecule is CC\C=C/C=C\C=C/C=C\C=C\C=C/C=C\CCCCCC(=O)OCC(COC(=O)CCC/C=C\C/C=C\C/C=C\CCCCCCCC)OC(=O)CCC/C=C\C/C=C\C/C=C\C/C=C\CCCCC. The predicted octanol–water partition coefficient (Wildman–Crippen LogP) is 18.8. The van der Waals surface area contributed by atoms with Crippen LogP contribution >= 0.6 is 0 Å². The molecule has 0 heterocycles. The second-order valence-corrected chi connectivity index (χ2v) is 17.6. The summed E-state index contributed by atoms with van der Waals surface area (Å²) in [4.78, 5) is 38.1. The van der Waals surface area contributed by atoms with Gasteiger partial charge >= 0.3 is 17.9 Å². The molecule has 394 valence electrons. The van der Waals surface area contributed by atoms with Crippen LogP contribution in [0.3, 0.4) is 0 Å². The Morgan fingerprint density at radius 1 is 0.310 bits per heavy atom. The largest absolute Gasteiger partial charge is 0.462 e. The van der Waals surface area contributed by atoms with Crippen molar-refractivity contribution in [2.75, 3.05) is 13.2 Å². The lowest BCUT2D eigenvalue weighted by molar-refractivity contribution is -0.167. The molecule has 1 atom stereocenters. The molecule has 0 saturated carbocycles. The molecule has 6 heteroatoms. The third-order valence-corrected chi connectivity index (χ3v) is 10.9. The van der Waals surface area contributed by atoms with Gasteiger partial charge in [-0.3, -0.25) is 14.4 Å². The molecule has 0 aromatic heterocycles. The van der Waals surface area contributed by atoms with E-state index in [4.69, 9.17) is 14.2 Å². The molecule has 6 nitrogen and oxygen atoms in total. The smallest absolute Gasteiger partial charge is 0.306 e.